The van der Waals surface area contributed by atoms with Gasteiger partial charge in [0.1, 0.15) is 12.0 Å². The van der Waals surface area contributed by atoms with Crippen LogP contribution in [0, 0.1) is 18.3 Å². The number of nitrogens with zero attached hydrogens (tertiary/aromatic N) is 3. The highest BCUT2D eigenvalue weighted by Crippen LogP contribution is 2.36. The molecule has 0 radical (unpaired) electrons. The number of rotatable bonds is 4. The summed E-state index contributed by atoms with van der Waals surface area (Å²) in [5.41, 5.74) is 8.16. The van der Waals surface area contributed by atoms with E-state index in [0.717, 1.165) is 37.2 Å². The van der Waals surface area contributed by atoms with E-state index < -0.39 is 0 Å². The number of carbonyl (C=O) groups is 1. The van der Waals surface area contributed by atoms with Crippen LogP contribution < -0.4 is 15.8 Å². The maximum atomic E-state index is 13.1. The molecule has 162 valence electrons. The Morgan fingerprint density at radius 2 is 2.10 bits per heavy atom. The zero-order valence-electron chi connectivity index (χ0n) is 17.6. The molecular formula is C21H29ClN6OS. The molecule has 0 bridgehead atoms. The molecule has 0 spiro atoms. The Bertz CT molecular complexity index is 871. The zero-order valence-corrected chi connectivity index (χ0v) is 19.2. The minimum absolute atomic E-state index is 0.0768. The third kappa shape index (κ3) is 3.86. The molecule has 0 aromatic heterocycles. The second-order valence-electron chi connectivity index (χ2n) is 8.11. The van der Waals surface area contributed by atoms with Crippen LogP contribution in [-0.4, -0.2) is 52.4 Å². The van der Waals surface area contributed by atoms with E-state index in [1.165, 1.54) is 11.8 Å². The molecule has 3 N–H and O–H groups in total. The molecule has 9 heteroatoms. The number of likely N-dealkylation sites (tertiary alicyclic amines) is 1. The lowest BCUT2D eigenvalue weighted by molar-refractivity contribution is -0.129. The van der Waals surface area contributed by atoms with Crippen LogP contribution in [-0.2, 0) is 4.79 Å². The first kappa shape index (κ1) is 21.6. The summed E-state index contributed by atoms with van der Waals surface area (Å²) in [5, 5.41) is 10.1. The summed E-state index contributed by atoms with van der Waals surface area (Å²) in [4.78, 5) is 21.9. The van der Waals surface area contributed by atoms with E-state index in [2.05, 4.69) is 17.8 Å². The number of carbonyl (C=O) groups excluding carboxylic acids is 1. The number of hydrazine groups is 1. The van der Waals surface area contributed by atoms with Crippen molar-refractivity contribution in [1.29, 1.82) is 5.41 Å². The van der Waals surface area contributed by atoms with E-state index >= 15 is 0 Å². The molecule has 1 aromatic rings. The second kappa shape index (κ2) is 8.86. The van der Waals surface area contributed by atoms with E-state index in [4.69, 9.17) is 22.0 Å². The number of hydrogen-bond donors (Lipinski definition) is 3. The summed E-state index contributed by atoms with van der Waals surface area (Å²) in [6, 6.07) is 5.80. The van der Waals surface area contributed by atoms with Crippen molar-refractivity contribution >= 4 is 46.0 Å². The molecule has 4 atom stereocenters. The molecule has 3 aliphatic heterocycles. The SMILES string of the molecule is CCC(SC1=NC2NNC(C)C2C(=N)N1c1cccc(Cl)c1C)C(=O)N1CCCC1. The summed E-state index contributed by atoms with van der Waals surface area (Å²) in [6.07, 6.45) is 2.64. The van der Waals surface area contributed by atoms with Crippen LogP contribution in [0.25, 0.3) is 0 Å². The lowest BCUT2D eigenvalue weighted by atomic mass is 9.96. The van der Waals surface area contributed by atoms with E-state index in [9.17, 15) is 4.79 Å². The fraction of sp³-hybridized carbons (Fsp3) is 0.571. The highest BCUT2D eigenvalue weighted by atomic mass is 35.5. The Morgan fingerprint density at radius 1 is 1.37 bits per heavy atom. The highest BCUT2D eigenvalue weighted by molar-refractivity contribution is 8.15. The number of benzene rings is 1. The number of anilines is 1. The number of aliphatic imine (C=N–C) groups is 1. The normalized spacial score (nSPS) is 27.3. The Kier molecular flexibility index (Phi) is 6.39. The highest BCUT2D eigenvalue weighted by Gasteiger charge is 2.45. The summed E-state index contributed by atoms with van der Waals surface area (Å²) in [6.45, 7) is 7.72. The average Bonchev–Trinajstić information content (AvgIpc) is 3.39. The number of nitrogens with one attached hydrogen (secondary N) is 3. The van der Waals surface area contributed by atoms with E-state index in [1.54, 1.807) is 0 Å². The van der Waals surface area contributed by atoms with Crippen LogP contribution in [0.15, 0.2) is 23.2 Å². The lowest BCUT2D eigenvalue weighted by Crippen LogP contribution is -2.51. The van der Waals surface area contributed by atoms with Crippen LogP contribution in [0.5, 0.6) is 0 Å². The third-order valence-electron chi connectivity index (χ3n) is 6.13. The Labute approximate surface area is 187 Å². The van der Waals surface area contributed by atoms with Crippen LogP contribution in [0.4, 0.5) is 5.69 Å². The summed E-state index contributed by atoms with van der Waals surface area (Å²) in [7, 11) is 0. The predicted octanol–water partition coefficient (Wildman–Crippen LogP) is 3.37. The average molecular weight is 449 g/mol. The number of thioether (sulfide) groups is 1. The summed E-state index contributed by atoms with van der Waals surface area (Å²) in [5.74, 6) is 0.545. The maximum Gasteiger partial charge on any atom is 0.236 e. The van der Waals surface area contributed by atoms with Gasteiger partial charge in [0.2, 0.25) is 5.91 Å². The molecule has 0 aliphatic carbocycles. The van der Waals surface area contributed by atoms with Gasteiger partial charge in [0.05, 0.1) is 16.9 Å². The van der Waals surface area contributed by atoms with Crippen LogP contribution in [0.2, 0.25) is 5.02 Å². The van der Waals surface area contributed by atoms with E-state index in [0.29, 0.717) is 22.4 Å². The minimum Gasteiger partial charge on any atom is -0.342 e. The quantitative estimate of drug-likeness (QED) is 0.657. The maximum absolute atomic E-state index is 13.1. The van der Waals surface area contributed by atoms with Gasteiger partial charge >= 0.3 is 0 Å². The van der Waals surface area contributed by atoms with Crippen molar-refractivity contribution in [3.63, 3.8) is 0 Å². The Hall–Kier alpha value is -1.61. The monoisotopic (exact) mass is 448 g/mol. The standard InChI is InChI=1S/C21H29ClN6OS/c1-4-16(20(29)27-10-5-6-11-27)30-21-24-19-17(13(3)25-26-19)18(23)28(21)15-9-7-8-14(22)12(15)2/h7-9,13,16-17,19,23,25-26H,4-6,10-11H2,1-3H3. The molecule has 7 nitrogen and oxygen atoms in total. The van der Waals surface area contributed by atoms with E-state index in [-0.39, 0.29) is 29.3 Å². The number of hydrogen-bond acceptors (Lipinski definition) is 6. The van der Waals surface area contributed by atoms with Crippen LogP contribution in [0.3, 0.4) is 0 Å². The molecule has 2 saturated heterocycles. The van der Waals surface area contributed by atoms with Gasteiger partial charge in [-0.25, -0.2) is 10.4 Å². The first-order valence-corrected chi connectivity index (χ1v) is 11.9. The van der Waals surface area contributed by atoms with Gasteiger partial charge < -0.3 is 4.90 Å². The van der Waals surface area contributed by atoms with Gasteiger partial charge in [-0.15, -0.1) is 0 Å². The molecular weight excluding hydrogens is 420 g/mol. The van der Waals surface area contributed by atoms with Crippen molar-refractivity contribution < 1.29 is 4.79 Å². The fourth-order valence-corrected chi connectivity index (χ4v) is 5.65. The molecule has 4 unspecified atom stereocenters. The molecule has 3 heterocycles. The number of amidine groups is 2. The molecule has 0 saturated carbocycles. The van der Waals surface area contributed by atoms with E-state index in [1.807, 2.05) is 41.8 Å². The molecule has 4 rings (SSSR count). The number of halogens is 1. The van der Waals surface area contributed by atoms with Gasteiger partial charge in [0.25, 0.3) is 0 Å². The zero-order chi connectivity index (χ0) is 21.4. The van der Waals surface area contributed by atoms with Gasteiger partial charge in [-0.1, -0.05) is 36.4 Å². The van der Waals surface area contributed by atoms with Crippen molar-refractivity contribution in [2.24, 2.45) is 10.9 Å². The van der Waals surface area contributed by atoms with Gasteiger partial charge in [-0.05, 0) is 50.8 Å². The van der Waals surface area contributed by atoms with Crippen molar-refractivity contribution in [3.05, 3.63) is 28.8 Å². The topological polar surface area (TPSA) is 83.8 Å². The van der Waals surface area contributed by atoms with Gasteiger partial charge in [-0.3, -0.25) is 20.5 Å². The van der Waals surface area contributed by atoms with Crippen molar-refractivity contribution in [2.45, 2.75) is 57.5 Å². The lowest BCUT2D eigenvalue weighted by Gasteiger charge is -2.37. The second-order valence-corrected chi connectivity index (χ2v) is 9.69. The molecule has 30 heavy (non-hydrogen) atoms. The number of amides is 1. The van der Waals surface area contributed by atoms with Gasteiger partial charge in [0.15, 0.2) is 5.17 Å². The first-order chi connectivity index (χ1) is 14.4. The fourth-order valence-electron chi connectivity index (χ4n) is 4.33. The predicted molar refractivity (Wildman–Crippen MR) is 124 cm³/mol. The van der Waals surface area contributed by atoms with Gasteiger partial charge in [-0.2, -0.15) is 0 Å². The van der Waals surface area contributed by atoms with Crippen LogP contribution in [0.1, 0.15) is 38.7 Å². The van der Waals surface area contributed by atoms with Crippen LogP contribution >= 0.6 is 23.4 Å². The van der Waals surface area contributed by atoms with Crippen molar-refractivity contribution in [2.75, 3.05) is 18.0 Å². The molecule has 2 fully saturated rings. The first-order valence-electron chi connectivity index (χ1n) is 10.6. The Balaban J connectivity index is 1.70. The molecule has 1 amide bonds. The van der Waals surface area contributed by atoms with Crippen molar-refractivity contribution in [3.8, 4) is 0 Å². The largest absolute Gasteiger partial charge is 0.342 e. The van der Waals surface area contributed by atoms with Gasteiger partial charge in [0, 0.05) is 24.2 Å². The molecule has 1 aromatic carbocycles. The smallest absolute Gasteiger partial charge is 0.236 e. The van der Waals surface area contributed by atoms with Crippen molar-refractivity contribution in [1.82, 2.24) is 15.8 Å². The summed E-state index contributed by atoms with van der Waals surface area (Å²) < 4.78 is 0. The Morgan fingerprint density at radius 3 is 2.80 bits per heavy atom. The summed E-state index contributed by atoms with van der Waals surface area (Å²) >= 11 is 7.87. The molecule has 3 aliphatic rings. The third-order valence-corrected chi connectivity index (χ3v) is 7.85. The minimum atomic E-state index is -0.222. The number of fused-ring (bicyclic) bond motifs is 1.